The first-order chi connectivity index (χ1) is 6.92. The highest BCUT2D eigenvalue weighted by Crippen LogP contribution is 2.09. The van der Waals surface area contributed by atoms with Gasteiger partial charge in [-0.05, 0) is 6.54 Å². The quantitative estimate of drug-likeness (QED) is 0.657. The van der Waals surface area contributed by atoms with Crippen molar-refractivity contribution in [2.24, 2.45) is 10.8 Å². The molecule has 6 nitrogen and oxygen atoms in total. The van der Waals surface area contributed by atoms with Gasteiger partial charge in [0.15, 0.2) is 0 Å². The van der Waals surface area contributed by atoms with E-state index in [9.17, 15) is 13.2 Å². The van der Waals surface area contributed by atoms with Crippen molar-refractivity contribution in [1.29, 1.82) is 0 Å². The highest BCUT2D eigenvalue weighted by molar-refractivity contribution is 7.90. The van der Waals surface area contributed by atoms with Gasteiger partial charge < -0.3 is 5.73 Å². The molecule has 15 heavy (non-hydrogen) atoms. The molecule has 0 aliphatic carbocycles. The Morgan fingerprint density at radius 2 is 2.20 bits per heavy atom. The van der Waals surface area contributed by atoms with Crippen LogP contribution in [0.25, 0.3) is 0 Å². The van der Waals surface area contributed by atoms with Crippen molar-refractivity contribution < 1.29 is 13.2 Å². The number of hydrogen-bond donors (Lipinski definition) is 1. The first kappa shape index (κ1) is 12.1. The highest BCUT2D eigenvalue weighted by Gasteiger charge is 2.23. The molecule has 0 aromatic heterocycles. The number of nitrogens with zero attached hydrogens (tertiary/aromatic N) is 2. The van der Waals surface area contributed by atoms with E-state index in [2.05, 4.69) is 5.10 Å². The van der Waals surface area contributed by atoms with Crippen molar-refractivity contribution in [2.75, 3.05) is 25.1 Å². The van der Waals surface area contributed by atoms with Crippen molar-refractivity contribution >= 4 is 21.5 Å². The van der Waals surface area contributed by atoms with Gasteiger partial charge in [0.2, 0.25) is 5.91 Å². The fraction of sp³-hybridized carbons (Fsp3) is 0.750. The molecule has 0 bridgehead atoms. The normalized spacial score (nSPS) is 17.1. The third kappa shape index (κ3) is 3.96. The van der Waals surface area contributed by atoms with Gasteiger partial charge in [-0.1, -0.05) is 0 Å². The summed E-state index contributed by atoms with van der Waals surface area (Å²) < 4.78 is 21.8. The molecule has 2 N–H and O–H groups in total. The molecule has 1 rings (SSSR count). The Morgan fingerprint density at radius 1 is 1.53 bits per heavy atom. The molecule has 86 valence electrons. The zero-order valence-corrected chi connectivity index (χ0v) is 9.46. The Morgan fingerprint density at radius 3 is 2.73 bits per heavy atom. The number of carbonyl (C=O) groups excluding carboxylic acids is 1. The van der Waals surface area contributed by atoms with E-state index in [1.165, 1.54) is 5.01 Å². The third-order valence-corrected chi connectivity index (χ3v) is 2.94. The van der Waals surface area contributed by atoms with Crippen LogP contribution in [-0.2, 0) is 14.6 Å². The van der Waals surface area contributed by atoms with Crippen LogP contribution < -0.4 is 5.73 Å². The largest absolute Gasteiger partial charge is 0.330 e. The van der Waals surface area contributed by atoms with E-state index in [0.29, 0.717) is 13.0 Å². The molecular weight excluding hydrogens is 218 g/mol. The smallest absolute Gasteiger partial charge is 0.248 e. The van der Waals surface area contributed by atoms with Gasteiger partial charge in [0.05, 0.1) is 18.7 Å². The number of carbonyl (C=O) groups is 1. The lowest BCUT2D eigenvalue weighted by atomic mass is 10.2. The fourth-order valence-corrected chi connectivity index (χ4v) is 1.76. The van der Waals surface area contributed by atoms with Crippen LogP contribution in [-0.4, -0.2) is 50.1 Å². The van der Waals surface area contributed by atoms with Gasteiger partial charge in [0.25, 0.3) is 0 Å². The van der Waals surface area contributed by atoms with E-state index < -0.39 is 9.84 Å². The fourth-order valence-electron chi connectivity index (χ4n) is 1.26. The number of sulfone groups is 1. The van der Waals surface area contributed by atoms with E-state index in [-0.39, 0.29) is 24.6 Å². The van der Waals surface area contributed by atoms with Crippen LogP contribution >= 0.6 is 0 Å². The molecule has 7 heteroatoms. The Labute approximate surface area is 89.0 Å². The molecule has 0 saturated carbocycles. The van der Waals surface area contributed by atoms with E-state index in [4.69, 9.17) is 5.73 Å². The molecule has 1 aliphatic heterocycles. The maximum atomic E-state index is 11.4. The summed E-state index contributed by atoms with van der Waals surface area (Å²) in [6, 6.07) is 0. The minimum atomic E-state index is -3.05. The molecule has 1 heterocycles. The van der Waals surface area contributed by atoms with Crippen molar-refractivity contribution in [1.82, 2.24) is 5.01 Å². The van der Waals surface area contributed by atoms with Gasteiger partial charge in [-0.2, -0.15) is 5.10 Å². The zero-order chi connectivity index (χ0) is 11.5. The standard InChI is InChI=1S/C8H15N3O3S/c1-15(13,14)5-4-11-8(12)6-7(10-11)2-3-9/h2-6,9H2,1H3. The lowest BCUT2D eigenvalue weighted by Crippen LogP contribution is -2.26. The Bertz CT molecular complexity index is 375. The molecule has 0 atom stereocenters. The van der Waals surface area contributed by atoms with Crippen LogP contribution in [0.15, 0.2) is 5.10 Å². The van der Waals surface area contributed by atoms with Gasteiger partial charge >= 0.3 is 0 Å². The zero-order valence-electron chi connectivity index (χ0n) is 8.64. The van der Waals surface area contributed by atoms with Gasteiger partial charge in [-0.25, -0.2) is 13.4 Å². The predicted octanol–water partition coefficient (Wildman–Crippen LogP) is -1.03. The molecule has 0 saturated heterocycles. The summed E-state index contributed by atoms with van der Waals surface area (Å²) in [6.07, 6.45) is 1.99. The summed E-state index contributed by atoms with van der Waals surface area (Å²) in [7, 11) is -3.05. The van der Waals surface area contributed by atoms with Crippen molar-refractivity contribution in [3.63, 3.8) is 0 Å². The summed E-state index contributed by atoms with van der Waals surface area (Å²) in [5.41, 5.74) is 6.07. The molecule has 0 aromatic carbocycles. The number of hydrogen-bond acceptors (Lipinski definition) is 5. The number of hydrazone groups is 1. The first-order valence-corrected chi connectivity index (χ1v) is 6.73. The van der Waals surface area contributed by atoms with Crippen molar-refractivity contribution in [3.05, 3.63) is 0 Å². The monoisotopic (exact) mass is 233 g/mol. The molecule has 1 amide bonds. The van der Waals surface area contributed by atoms with E-state index in [1.54, 1.807) is 0 Å². The topological polar surface area (TPSA) is 92.8 Å². The third-order valence-electron chi connectivity index (χ3n) is 2.01. The summed E-state index contributed by atoms with van der Waals surface area (Å²) in [5.74, 6) is -0.208. The van der Waals surface area contributed by atoms with E-state index in [0.717, 1.165) is 12.0 Å². The van der Waals surface area contributed by atoms with Crippen LogP contribution in [0.3, 0.4) is 0 Å². The average molecular weight is 233 g/mol. The maximum Gasteiger partial charge on any atom is 0.248 e. The van der Waals surface area contributed by atoms with E-state index in [1.807, 2.05) is 0 Å². The number of nitrogens with two attached hydrogens (primary N) is 1. The Balaban J connectivity index is 2.52. The molecule has 0 radical (unpaired) electrons. The van der Waals surface area contributed by atoms with E-state index >= 15 is 0 Å². The molecule has 0 aromatic rings. The highest BCUT2D eigenvalue weighted by atomic mass is 32.2. The van der Waals surface area contributed by atoms with Crippen LogP contribution in [0.2, 0.25) is 0 Å². The van der Waals surface area contributed by atoms with Crippen LogP contribution in [0, 0.1) is 0 Å². The van der Waals surface area contributed by atoms with Crippen molar-refractivity contribution in [2.45, 2.75) is 12.8 Å². The van der Waals surface area contributed by atoms with Crippen LogP contribution in [0.5, 0.6) is 0 Å². The van der Waals surface area contributed by atoms with Gasteiger partial charge in [-0.15, -0.1) is 0 Å². The minimum Gasteiger partial charge on any atom is -0.330 e. The minimum absolute atomic E-state index is 0.0574. The van der Waals surface area contributed by atoms with Crippen molar-refractivity contribution in [3.8, 4) is 0 Å². The second kappa shape index (κ2) is 4.71. The summed E-state index contributed by atoms with van der Waals surface area (Å²) in [5, 5.41) is 5.23. The summed E-state index contributed by atoms with van der Waals surface area (Å²) in [4.78, 5) is 11.4. The molecule has 0 spiro atoms. The average Bonchev–Trinajstić information content (AvgIpc) is 2.42. The SMILES string of the molecule is CS(=O)(=O)CCN1N=C(CCN)CC1=O. The molecule has 1 aliphatic rings. The molecule has 0 unspecified atom stereocenters. The van der Waals surface area contributed by atoms with Crippen LogP contribution in [0.1, 0.15) is 12.8 Å². The van der Waals surface area contributed by atoms with Crippen LogP contribution in [0.4, 0.5) is 0 Å². The molecule has 0 fully saturated rings. The number of amides is 1. The Kier molecular flexibility index (Phi) is 3.81. The van der Waals surface area contributed by atoms with Gasteiger partial charge in [0, 0.05) is 18.4 Å². The summed E-state index contributed by atoms with van der Waals surface area (Å²) >= 11 is 0. The maximum absolute atomic E-state index is 11.4. The Hall–Kier alpha value is -0.950. The van der Waals surface area contributed by atoms with Gasteiger partial charge in [0.1, 0.15) is 9.84 Å². The molecular formula is C8H15N3O3S. The van der Waals surface area contributed by atoms with Gasteiger partial charge in [-0.3, -0.25) is 4.79 Å². The lowest BCUT2D eigenvalue weighted by Gasteiger charge is -2.09. The predicted molar refractivity (Wildman–Crippen MR) is 57.1 cm³/mol. The second-order valence-corrected chi connectivity index (χ2v) is 5.79. The number of rotatable bonds is 5. The second-order valence-electron chi connectivity index (χ2n) is 3.53. The first-order valence-electron chi connectivity index (χ1n) is 4.67. The summed E-state index contributed by atoms with van der Waals surface area (Å²) in [6.45, 7) is 0.581. The lowest BCUT2D eigenvalue weighted by molar-refractivity contribution is -0.128.